The summed E-state index contributed by atoms with van der Waals surface area (Å²) >= 11 is 1.81. The van der Waals surface area contributed by atoms with Gasteiger partial charge in [0.2, 0.25) is 0 Å². The van der Waals surface area contributed by atoms with Gasteiger partial charge in [-0.05, 0) is 26.7 Å². The number of aromatic nitrogens is 1. The second kappa shape index (κ2) is 5.26. The first-order valence-corrected chi connectivity index (χ1v) is 7.21. The normalized spacial score (nSPS) is 17.0. The van der Waals surface area contributed by atoms with E-state index in [2.05, 4.69) is 18.8 Å². The summed E-state index contributed by atoms with van der Waals surface area (Å²) in [6.07, 6.45) is 2.07. The highest BCUT2D eigenvalue weighted by molar-refractivity contribution is 7.11. The van der Waals surface area contributed by atoms with E-state index in [0.29, 0.717) is 5.92 Å². The van der Waals surface area contributed by atoms with Gasteiger partial charge in [-0.25, -0.2) is 9.78 Å². The van der Waals surface area contributed by atoms with Crippen LogP contribution in [-0.2, 0) is 0 Å². The molecule has 0 spiro atoms. The molecule has 2 heterocycles. The number of carbonyl (C=O) groups excluding carboxylic acids is 1. The Morgan fingerprint density at radius 1 is 1.33 bits per heavy atom. The highest BCUT2D eigenvalue weighted by Gasteiger charge is 2.26. The van der Waals surface area contributed by atoms with E-state index >= 15 is 0 Å². The van der Waals surface area contributed by atoms with Gasteiger partial charge in [0.1, 0.15) is 0 Å². The SMILES string of the molecule is Cc1nc(C2CCN(C(=O)N(C)C)CC2)sc1C. The van der Waals surface area contributed by atoms with Crippen LogP contribution in [0.4, 0.5) is 4.79 Å². The van der Waals surface area contributed by atoms with Crippen LogP contribution in [0.1, 0.15) is 34.3 Å². The van der Waals surface area contributed by atoms with E-state index in [1.165, 1.54) is 9.88 Å². The van der Waals surface area contributed by atoms with Crippen LogP contribution in [-0.4, -0.2) is 48.0 Å². The van der Waals surface area contributed by atoms with Crippen molar-refractivity contribution in [2.75, 3.05) is 27.2 Å². The number of urea groups is 1. The Hall–Kier alpha value is -1.10. The van der Waals surface area contributed by atoms with Crippen molar-refractivity contribution in [2.45, 2.75) is 32.6 Å². The Kier molecular flexibility index (Phi) is 3.90. The highest BCUT2D eigenvalue weighted by Crippen LogP contribution is 2.32. The van der Waals surface area contributed by atoms with Crippen LogP contribution in [0, 0.1) is 13.8 Å². The zero-order valence-electron chi connectivity index (χ0n) is 11.6. The molecule has 18 heavy (non-hydrogen) atoms. The van der Waals surface area contributed by atoms with E-state index in [9.17, 15) is 4.79 Å². The van der Waals surface area contributed by atoms with Crippen molar-refractivity contribution in [3.8, 4) is 0 Å². The molecule has 1 aromatic heterocycles. The molecule has 5 heteroatoms. The third-order valence-corrected chi connectivity index (χ3v) is 4.78. The van der Waals surface area contributed by atoms with Gasteiger partial charge in [-0.15, -0.1) is 11.3 Å². The van der Waals surface area contributed by atoms with E-state index in [1.807, 2.05) is 30.3 Å². The van der Waals surface area contributed by atoms with Crippen LogP contribution in [0.2, 0.25) is 0 Å². The van der Waals surface area contributed by atoms with Crippen LogP contribution in [0.15, 0.2) is 0 Å². The number of likely N-dealkylation sites (tertiary alicyclic amines) is 1. The molecule has 0 bridgehead atoms. The van der Waals surface area contributed by atoms with E-state index in [-0.39, 0.29) is 6.03 Å². The van der Waals surface area contributed by atoms with Gasteiger partial charge in [-0.1, -0.05) is 0 Å². The maximum Gasteiger partial charge on any atom is 0.319 e. The molecule has 0 aromatic carbocycles. The standard InChI is InChI=1S/C13H21N3OS/c1-9-10(2)18-12(14-9)11-5-7-16(8-6-11)13(17)15(3)4/h11H,5-8H2,1-4H3. The van der Waals surface area contributed by atoms with Gasteiger partial charge < -0.3 is 9.80 Å². The average molecular weight is 267 g/mol. The molecular formula is C13H21N3OS. The van der Waals surface area contributed by atoms with Gasteiger partial charge in [0.15, 0.2) is 0 Å². The summed E-state index contributed by atoms with van der Waals surface area (Å²) < 4.78 is 0. The molecule has 2 rings (SSSR count). The molecular weight excluding hydrogens is 246 g/mol. The zero-order chi connectivity index (χ0) is 13.3. The third-order valence-electron chi connectivity index (χ3n) is 3.54. The number of hydrogen-bond acceptors (Lipinski definition) is 3. The minimum atomic E-state index is 0.125. The first-order valence-electron chi connectivity index (χ1n) is 6.39. The lowest BCUT2D eigenvalue weighted by Gasteiger charge is -2.32. The summed E-state index contributed by atoms with van der Waals surface area (Å²) in [6.45, 7) is 5.89. The van der Waals surface area contributed by atoms with E-state index in [4.69, 9.17) is 0 Å². The molecule has 4 nitrogen and oxygen atoms in total. The largest absolute Gasteiger partial charge is 0.331 e. The van der Waals surface area contributed by atoms with Crippen LogP contribution < -0.4 is 0 Å². The minimum absolute atomic E-state index is 0.125. The molecule has 1 saturated heterocycles. The maximum atomic E-state index is 11.8. The molecule has 0 unspecified atom stereocenters. The Balaban J connectivity index is 1.96. The van der Waals surface area contributed by atoms with Crippen LogP contribution in [0.25, 0.3) is 0 Å². The second-order valence-corrected chi connectivity index (χ2v) is 6.37. The van der Waals surface area contributed by atoms with Crippen LogP contribution >= 0.6 is 11.3 Å². The molecule has 1 aromatic rings. The monoisotopic (exact) mass is 267 g/mol. The number of nitrogens with zero attached hydrogens (tertiary/aromatic N) is 3. The molecule has 0 saturated carbocycles. The fourth-order valence-corrected chi connectivity index (χ4v) is 3.36. The highest BCUT2D eigenvalue weighted by atomic mass is 32.1. The van der Waals surface area contributed by atoms with Crippen molar-refractivity contribution in [1.29, 1.82) is 0 Å². The lowest BCUT2D eigenvalue weighted by Crippen LogP contribution is -2.43. The Labute approximate surface area is 113 Å². The first kappa shape index (κ1) is 13.3. The number of thiazole rings is 1. The van der Waals surface area contributed by atoms with Crippen molar-refractivity contribution < 1.29 is 4.79 Å². The Bertz CT molecular complexity index is 414. The van der Waals surface area contributed by atoms with Gasteiger partial charge in [0.05, 0.1) is 10.7 Å². The smallest absolute Gasteiger partial charge is 0.319 e. The predicted molar refractivity (Wildman–Crippen MR) is 74.2 cm³/mol. The quantitative estimate of drug-likeness (QED) is 0.784. The summed E-state index contributed by atoms with van der Waals surface area (Å²) in [6, 6.07) is 0.125. The molecule has 1 aliphatic heterocycles. The van der Waals surface area contributed by atoms with Gasteiger partial charge in [-0.3, -0.25) is 0 Å². The van der Waals surface area contributed by atoms with Crippen molar-refractivity contribution in [3.63, 3.8) is 0 Å². The number of rotatable bonds is 1. The van der Waals surface area contributed by atoms with Crippen molar-refractivity contribution >= 4 is 17.4 Å². The molecule has 100 valence electrons. The van der Waals surface area contributed by atoms with Crippen LogP contribution in [0.5, 0.6) is 0 Å². The number of aryl methyl sites for hydroxylation is 2. The van der Waals surface area contributed by atoms with Crippen LogP contribution in [0.3, 0.4) is 0 Å². The minimum Gasteiger partial charge on any atom is -0.331 e. The molecule has 0 aliphatic carbocycles. The van der Waals surface area contributed by atoms with Gasteiger partial charge in [0.25, 0.3) is 0 Å². The lowest BCUT2D eigenvalue weighted by molar-refractivity contribution is 0.156. The average Bonchev–Trinajstić information content (AvgIpc) is 2.69. The Morgan fingerprint density at radius 2 is 1.94 bits per heavy atom. The van der Waals surface area contributed by atoms with Crippen molar-refractivity contribution in [3.05, 3.63) is 15.6 Å². The number of amides is 2. The molecule has 0 atom stereocenters. The predicted octanol–water partition coefficient (Wildman–Crippen LogP) is 2.62. The van der Waals surface area contributed by atoms with Crippen molar-refractivity contribution in [2.24, 2.45) is 0 Å². The number of piperidine rings is 1. The first-order chi connectivity index (χ1) is 8.49. The van der Waals surface area contributed by atoms with E-state index in [1.54, 1.807) is 4.90 Å². The summed E-state index contributed by atoms with van der Waals surface area (Å²) in [5.41, 5.74) is 1.15. The molecule has 1 fully saturated rings. The fourth-order valence-electron chi connectivity index (χ4n) is 2.27. The third kappa shape index (κ3) is 2.66. The molecule has 0 radical (unpaired) electrons. The van der Waals surface area contributed by atoms with E-state index < -0.39 is 0 Å². The molecule has 2 amide bonds. The maximum absolute atomic E-state index is 11.8. The topological polar surface area (TPSA) is 36.4 Å². The Morgan fingerprint density at radius 3 is 2.39 bits per heavy atom. The van der Waals surface area contributed by atoms with E-state index in [0.717, 1.165) is 31.6 Å². The van der Waals surface area contributed by atoms with Crippen molar-refractivity contribution in [1.82, 2.24) is 14.8 Å². The lowest BCUT2D eigenvalue weighted by atomic mass is 9.98. The molecule has 0 N–H and O–H groups in total. The van der Waals surface area contributed by atoms with Gasteiger partial charge in [0, 0.05) is 38.0 Å². The molecule has 1 aliphatic rings. The summed E-state index contributed by atoms with van der Waals surface area (Å²) in [4.78, 5) is 21.4. The van der Waals surface area contributed by atoms with Gasteiger partial charge in [-0.2, -0.15) is 0 Å². The summed E-state index contributed by atoms with van der Waals surface area (Å²) in [5, 5.41) is 1.25. The number of carbonyl (C=O) groups is 1. The summed E-state index contributed by atoms with van der Waals surface area (Å²) in [7, 11) is 3.62. The second-order valence-electron chi connectivity index (χ2n) is 5.13. The number of hydrogen-bond donors (Lipinski definition) is 0. The van der Waals surface area contributed by atoms with Gasteiger partial charge >= 0.3 is 6.03 Å². The zero-order valence-corrected chi connectivity index (χ0v) is 12.4. The fraction of sp³-hybridized carbons (Fsp3) is 0.692. The summed E-state index contributed by atoms with van der Waals surface area (Å²) in [5.74, 6) is 0.536.